The van der Waals surface area contributed by atoms with Crippen LogP contribution in [0.1, 0.15) is 68.6 Å². The fourth-order valence-corrected chi connectivity index (χ4v) is 4.60. The maximum Gasteiger partial charge on any atom is 0.261 e. The molecule has 1 amide bonds. The fourth-order valence-electron chi connectivity index (χ4n) is 4.60. The monoisotopic (exact) mass is 367 g/mol. The summed E-state index contributed by atoms with van der Waals surface area (Å²) in [6, 6.07) is 5.54. The zero-order chi connectivity index (χ0) is 19.0. The molecule has 5 heteroatoms. The molecule has 3 atom stereocenters. The van der Waals surface area contributed by atoms with Crippen LogP contribution < -0.4 is 10.9 Å². The molecule has 2 aliphatic rings. The maximum absolute atomic E-state index is 12.8. The molecule has 27 heavy (non-hydrogen) atoms. The summed E-state index contributed by atoms with van der Waals surface area (Å²) in [5.41, 5.74) is 1.27. The van der Waals surface area contributed by atoms with Crippen LogP contribution in [0.4, 0.5) is 0 Å². The molecule has 1 aromatic heterocycles. The van der Waals surface area contributed by atoms with Gasteiger partial charge in [0.2, 0.25) is 0 Å². The lowest BCUT2D eigenvalue weighted by Gasteiger charge is -2.34. The van der Waals surface area contributed by atoms with E-state index in [2.05, 4.69) is 19.2 Å². The van der Waals surface area contributed by atoms with Crippen molar-refractivity contribution in [3.8, 4) is 0 Å². The van der Waals surface area contributed by atoms with Gasteiger partial charge in [-0.2, -0.15) is 0 Å². The van der Waals surface area contributed by atoms with Crippen molar-refractivity contribution in [3.63, 3.8) is 0 Å². The predicted molar refractivity (Wildman–Crippen MR) is 107 cm³/mol. The van der Waals surface area contributed by atoms with Crippen molar-refractivity contribution in [2.24, 2.45) is 11.8 Å². The minimum Gasteiger partial charge on any atom is -0.349 e. The molecule has 4 rings (SSSR count). The van der Waals surface area contributed by atoms with Crippen molar-refractivity contribution in [1.82, 2.24) is 14.9 Å². The standard InChI is InChI=1S/C22H29N3O2/c1-14-7-6-8-18(15(14)2)24-21(26)16-10-11-17-19(13-16)23-20-9-4-3-5-12-25(20)22(17)27/h10-11,13-15,18H,3-9,12H2,1-2H3,(H,24,26). The van der Waals surface area contributed by atoms with Gasteiger partial charge in [-0.3, -0.25) is 14.2 Å². The second-order valence-corrected chi connectivity index (χ2v) is 8.37. The third-order valence-electron chi connectivity index (χ3n) is 6.60. The summed E-state index contributed by atoms with van der Waals surface area (Å²) in [4.78, 5) is 30.4. The number of aryl methyl sites for hydroxylation is 1. The number of hydrogen-bond donors (Lipinski definition) is 1. The van der Waals surface area contributed by atoms with Gasteiger partial charge in [-0.25, -0.2) is 4.98 Å². The Morgan fingerprint density at radius 3 is 2.85 bits per heavy atom. The van der Waals surface area contributed by atoms with Crippen LogP contribution >= 0.6 is 0 Å². The fraction of sp³-hybridized carbons (Fsp3) is 0.591. The zero-order valence-electron chi connectivity index (χ0n) is 16.3. The van der Waals surface area contributed by atoms with Crippen LogP contribution in [0, 0.1) is 11.8 Å². The Morgan fingerprint density at radius 2 is 2.00 bits per heavy atom. The van der Waals surface area contributed by atoms with Gasteiger partial charge in [0.25, 0.3) is 11.5 Å². The van der Waals surface area contributed by atoms with Crippen molar-refractivity contribution < 1.29 is 4.79 Å². The van der Waals surface area contributed by atoms with Crippen LogP contribution in [-0.2, 0) is 13.0 Å². The highest BCUT2D eigenvalue weighted by Crippen LogP contribution is 2.29. The van der Waals surface area contributed by atoms with Crippen molar-refractivity contribution >= 4 is 16.8 Å². The molecule has 1 aliphatic heterocycles. The highest BCUT2D eigenvalue weighted by Gasteiger charge is 2.28. The number of carbonyl (C=O) groups is 1. The van der Waals surface area contributed by atoms with E-state index in [4.69, 9.17) is 4.98 Å². The van der Waals surface area contributed by atoms with Gasteiger partial charge in [-0.15, -0.1) is 0 Å². The zero-order valence-corrected chi connectivity index (χ0v) is 16.3. The molecule has 1 N–H and O–H groups in total. The number of fused-ring (bicyclic) bond motifs is 2. The van der Waals surface area contributed by atoms with Crippen LogP contribution in [-0.4, -0.2) is 21.5 Å². The largest absolute Gasteiger partial charge is 0.349 e. The van der Waals surface area contributed by atoms with E-state index in [1.807, 2.05) is 4.57 Å². The van der Waals surface area contributed by atoms with Gasteiger partial charge in [0.05, 0.1) is 10.9 Å². The smallest absolute Gasteiger partial charge is 0.261 e. The summed E-state index contributed by atoms with van der Waals surface area (Å²) in [5.74, 6) is 1.93. The van der Waals surface area contributed by atoms with Crippen molar-refractivity contribution in [1.29, 1.82) is 0 Å². The third kappa shape index (κ3) is 3.52. The van der Waals surface area contributed by atoms with Gasteiger partial charge >= 0.3 is 0 Å². The first-order chi connectivity index (χ1) is 13.0. The van der Waals surface area contributed by atoms with E-state index in [1.165, 1.54) is 12.8 Å². The molecular weight excluding hydrogens is 338 g/mol. The Hall–Kier alpha value is -2.17. The average Bonchev–Trinajstić information content (AvgIpc) is 2.91. The Labute approximate surface area is 160 Å². The Balaban J connectivity index is 1.63. The number of carbonyl (C=O) groups excluding carboxylic acids is 1. The van der Waals surface area contributed by atoms with E-state index in [1.54, 1.807) is 18.2 Å². The summed E-state index contributed by atoms with van der Waals surface area (Å²) >= 11 is 0. The van der Waals surface area contributed by atoms with Gasteiger partial charge in [-0.05, 0) is 49.3 Å². The van der Waals surface area contributed by atoms with Crippen molar-refractivity contribution in [2.45, 2.75) is 71.4 Å². The molecule has 1 aliphatic carbocycles. The van der Waals surface area contributed by atoms with Crippen LogP contribution in [0.3, 0.4) is 0 Å². The molecular formula is C22H29N3O2. The van der Waals surface area contributed by atoms with Gasteiger partial charge in [0.1, 0.15) is 5.82 Å². The first-order valence-corrected chi connectivity index (χ1v) is 10.4. The molecule has 144 valence electrons. The minimum atomic E-state index is -0.0558. The number of aromatic nitrogens is 2. The maximum atomic E-state index is 12.8. The quantitative estimate of drug-likeness (QED) is 0.881. The minimum absolute atomic E-state index is 0.0265. The van der Waals surface area contributed by atoms with Crippen molar-refractivity contribution in [2.75, 3.05) is 0 Å². The highest BCUT2D eigenvalue weighted by atomic mass is 16.1. The molecule has 3 unspecified atom stereocenters. The van der Waals surface area contributed by atoms with Crippen LogP contribution in [0.25, 0.3) is 10.9 Å². The lowest BCUT2D eigenvalue weighted by atomic mass is 9.78. The SMILES string of the molecule is CC1CCCC(NC(=O)c2ccc3c(=O)n4c(nc3c2)CCCCC4)C1C. The predicted octanol–water partition coefficient (Wildman–Crippen LogP) is 3.68. The third-order valence-corrected chi connectivity index (χ3v) is 6.60. The molecule has 2 heterocycles. The number of benzene rings is 1. The lowest BCUT2D eigenvalue weighted by molar-refractivity contribution is 0.0891. The number of nitrogens with zero attached hydrogens (tertiary/aromatic N) is 2. The Kier molecular flexibility index (Phi) is 5.02. The van der Waals surface area contributed by atoms with E-state index < -0.39 is 0 Å². The molecule has 1 fully saturated rings. The second kappa shape index (κ2) is 7.45. The Bertz CT molecular complexity index is 918. The van der Waals surface area contributed by atoms with Crippen LogP contribution in [0.5, 0.6) is 0 Å². The summed E-state index contributed by atoms with van der Waals surface area (Å²) in [6.07, 6.45) is 7.50. The van der Waals surface area contributed by atoms with E-state index in [0.29, 0.717) is 28.3 Å². The molecule has 5 nitrogen and oxygen atoms in total. The Morgan fingerprint density at radius 1 is 1.15 bits per heavy atom. The first kappa shape index (κ1) is 18.2. The highest BCUT2D eigenvalue weighted by molar-refractivity contribution is 5.97. The van der Waals surface area contributed by atoms with Gasteiger partial charge < -0.3 is 5.32 Å². The van der Waals surface area contributed by atoms with E-state index >= 15 is 0 Å². The van der Waals surface area contributed by atoms with Crippen molar-refractivity contribution in [3.05, 3.63) is 39.9 Å². The molecule has 0 radical (unpaired) electrons. The normalized spacial score (nSPS) is 25.6. The summed E-state index contributed by atoms with van der Waals surface area (Å²) in [7, 11) is 0. The van der Waals surface area contributed by atoms with Gasteiger partial charge in [-0.1, -0.05) is 33.1 Å². The van der Waals surface area contributed by atoms with E-state index in [0.717, 1.165) is 44.5 Å². The molecule has 1 saturated carbocycles. The van der Waals surface area contributed by atoms with Gasteiger partial charge in [0, 0.05) is 24.6 Å². The average molecular weight is 367 g/mol. The summed E-state index contributed by atoms with van der Waals surface area (Å²) < 4.78 is 1.82. The van der Waals surface area contributed by atoms with Crippen LogP contribution in [0.15, 0.2) is 23.0 Å². The number of nitrogens with one attached hydrogen (secondary N) is 1. The molecule has 2 aromatic rings. The van der Waals surface area contributed by atoms with E-state index in [-0.39, 0.29) is 17.5 Å². The topological polar surface area (TPSA) is 64.0 Å². The first-order valence-electron chi connectivity index (χ1n) is 10.4. The number of amides is 1. The number of hydrogen-bond acceptors (Lipinski definition) is 3. The number of rotatable bonds is 2. The lowest BCUT2D eigenvalue weighted by Crippen LogP contribution is -2.43. The second-order valence-electron chi connectivity index (χ2n) is 8.37. The van der Waals surface area contributed by atoms with Crippen LogP contribution in [0.2, 0.25) is 0 Å². The van der Waals surface area contributed by atoms with E-state index in [9.17, 15) is 9.59 Å². The molecule has 0 spiro atoms. The summed E-state index contributed by atoms with van der Waals surface area (Å²) in [6.45, 7) is 5.24. The molecule has 0 bridgehead atoms. The summed E-state index contributed by atoms with van der Waals surface area (Å²) in [5, 5.41) is 3.83. The molecule has 1 aromatic carbocycles. The van der Waals surface area contributed by atoms with Gasteiger partial charge in [0.15, 0.2) is 0 Å². The molecule has 0 saturated heterocycles.